The van der Waals surface area contributed by atoms with E-state index >= 15 is 0 Å². The number of alkyl carbamates (subject to hydrolysis) is 1. The molecule has 5 nitrogen and oxygen atoms in total. The Morgan fingerprint density at radius 1 is 1.53 bits per heavy atom. The molecule has 1 N–H and O–H groups in total. The fourth-order valence-electron chi connectivity index (χ4n) is 1.24. The van der Waals surface area contributed by atoms with Crippen molar-refractivity contribution in [3.63, 3.8) is 0 Å². The number of nitrogens with one attached hydrogen (secondary N) is 1. The van der Waals surface area contributed by atoms with Crippen molar-refractivity contribution in [2.45, 2.75) is 33.4 Å². The average molecular weight is 238 g/mol. The molecule has 0 aliphatic rings. The topological polar surface area (TPSA) is 60.5 Å². The molecule has 0 fully saturated rings. The maximum absolute atomic E-state index is 11.2. The molecule has 0 saturated carbocycles. The third-order valence-electron chi connectivity index (χ3n) is 1.90. The van der Waals surface area contributed by atoms with E-state index in [2.05, 4.69) is 10.3 Å². The van der Waals surface area contributed by atoms with Crippen LogP contribution in [0, 0.1) is 0 Å². The van der Waals surface area contributed by atoms with Crippen molar-refractivity contribution in [1.82, 2.24) is 10.3 Å². The van der Waals surface area contributed by atoms with Gasteiger partial charge in [0, 0.05) is 11.8 Å². The monoisotopic (exact) mass is 238 g/mol. The summed E-state index contributed by atoms with van der Waals surface area (Å²) in [6.07, 6.45) is 1.27. The maximum Gasteiger partial charge on any atom is 0.407 e. The van der Waals surface area contributed by atoms with Crippen LogP contribution in [0.1, 0.15) is 26.3 Å². The van der Waals surface area contributed by atoms with Crippen molar-refractivity contribution in [2.75, 3.05) is 6.61 Å². The predicted octanol–water partition coefficient (Wildman–Crippen LogP) is 2.11. The van der Waals surface area contributed by atoms with Gasteiger partial charge in [-0.05, 0) is 26.8 Å². The van der Waals surface area contributed by atoms with Gasteiger partial charge < -0.3 is 14.8 Å². The number of hydrogen-bond acceptors (Lipinski definition) is 4. The smallest absolute Gasteiger partial charge is 0.407 e. The Morgan fingerprint density at radius 2 is 2.29 bits per heavy atom. The Bertz CT molecular complexity index is 367. The van der Waals surface area contributed by atoms with Crippen LogP contribution in [-0.4, -0.2) is 23.8 Å². The minimum atomic E-state index is -0.438. The summed E-state index contributed by atoms with van der Waals surface area (Å²) in [5.74, 6) is 0.541. The van der Waals surface area contributed by atoms with Gasteiger partial charge in [0.15, 0.2) is 0 Å². The third-order valence-corrected chi connectivity index (χ3v) is 1.90. The molecule has 1 heterocycles. The maximum atomic E-state index is 11.2. The van der Waals surface area contributed by atoms with Gasteiger partial charge in [-0.25, -0.2) is 9.78 Å². The van der Waals surface area contributed by atoms with Gasteiger partial charge in [-0.3, -0.25) is 0 Å². The first-order valence-electron chi connectivity index (χ1n) is 5.64. The molecular formula is C12H18N2O3. The van der Waals surface area contributed by atoms with E-state index in [1.165, 1.54) is 0 Å². The summed E-state index contributed by atoms with van der Waals surface area (Å²) in [6.45, 7) is 6.31. The molecule has 1 amide bonds. The largest absolute Gasteiger partial charge is 0.475 e. The number of hydrogen-bond donors (Lipinski definition) is 1. The molecule has 17 heavy (non-hydrogen) atoms. The van der Waals surface area contributed by atoms with E-state index in [0.29, 0.717) is 19.0 Å². The van der Waals surface area contributed by atoms with Crippen LogP contribution in [0.5, 0.6) is 5.88 Å². The second-order valence-corrected chi connectivity index (χ2v) is 3.71. The number of nitrogens with zero attached hydrogens (tertiary/aromatic N) is 1. The van der Waals surface area contributed by atoms with Gasteiger partial charge in [0.05, 0.1) is 19.3 Å². The molecule has 0 radical (unpaired) electrons. The van der Waals surface area contributed by atoms with Crippen LogP contribution in [0.4, 0.5) is 4.79 Å². The van der Waals surface area contributed by atoms with Crippen molar-refractivity contribution < 1.29 is 14.3 Å². The molecule has 0 bridgehead atoms. The van der Waals surface area contributed by atoms with Crippen molar-refractivity contribution in [2.24, 2.45) is 0 Å². The number of rotatable bonds is 5. The summed E-state index contributed by atoms with van der Waals surface area (Å²) < 4.78 is 10.3. The van der Waals surface area contributed by atoms with Crippen LogP contribution in [-0.2, 0) is 11.3 Å². The zero-order valence-electron chi connectivity index (χ0n) is 10.4. The first-order valence-corrected chi connectivity index (χ1v) is 5.64. The summed E-state index contributed by atoms with van der Waals surface area (Å²) in [5, 5.41) is 2.63. The Hall–Kier alpha value is -1.78. The number of ether oxygens (including phenoxy) is 2. The molecule has 1 aromatic rings. The van der Waals surface area contributed by atoms with Gasteiger partial charge in [0.1, 0.15) is 0 Å². The molecule has 5 heteroatoms. The van der Waals surface area contributed by atoms with Gasteiger partial charge >= 0.3 is 6.09 Å². The molecule has 0 spiro atoms. The van der Waals surface area contributed by atoms with Gasteiger partial charge in [0.2, 0.25) is 5.88 Å². The quantitative estimate of drug-likeness (QED) is 0.853. The van der Waals surface area contributed by atoms with Gasteiger partial charge in [0.25, 0.3) is 0 Å². The molecular weight excluding hydrogens is 220 g/mol. The van der Waals surface area contributed by atoms with Gasteiger partial charge in [-0.1, -0.05) is 6.07 Å². The van der Waals surface area contributed by atoms with Crippen LogP contribution in [0.25, 0.3) is 0 Å². The minimum absolute atomic E-state index is 0.0474. The van der Waals surface area contributed by atoms with Crippen LogP contribution in [0.3, 0.4) is 0 Å². The van der Waals surface area contributed by atoms with Crippen molar-refractivity contribution in [3.8, 4) is 5.88 Å². The third kappa shape index (κ3) is 4.72. The standard InChI is InChI=1S/C12H18N2O3/c1-4-16-12(15)14-8-10-6-5-7-13-11(10)17-9(2)3/h5-7,9H,4,8H2,1-3H3,(H,14,15). The summed E-state index contributed by atoms with van der Waals surface area (Å²) >= 11 is 0. The number of carbonyl (C=O) groups is 1. The van der Waals surface area contributed by atoms with E-state index in [1.807, 2.05) is 19.9 Å². The average Bonchev–Trinajstić information content (AvgIpc) is 2.27. The summed E-state index contributed by atoms with van der Waals surface area (Å²) in [7, 11) is 0. The Kier molecular flexibility index (Phi) is 5.26. The van der Waals surface area contributed by atoms with E-state index in [-0.39, 0.29) is 6.10 Å². The predicted molar refractivity (Wildman–Crippen MR) is 63.9 cm³/mol. The lowest BCUT2D eigenvalue weighted by Crippen LogP contribution is -2.24. The lowest BCUT2D eigenvalue weighted by atomic mass is 10.2. The Labute approximate surface area is 101 Å². The molecule has 94 valence electrons. The SMILES string of the molecule is CCOC(=O)NCc1cccnc1OC(C)C. The van der Waals surface area contributed by atoms with E-state index in [1.54, 1.807) is 19.2 Å². The highest BCUT2D eigenvalue weighted by atomic mass is 16.5. The molecule has 1 aromatic heterocycles. The molecule has 0 aromatic carbocycles. The highest BCUT2D eigenvalue weighted by molar-refractivity contribution is 5.67. The lowest BCUT2D eigenvalue weighted by molar-refractivity contribution is 0.151. The number of amides is 1. The van der Waals surface area contributed by atoms with Crippen LogP contribution < -0.4 is 10.1 Å². The first-order chi connectivity index (χ1) is 8.13. The Balaban J connectivity index is 2.60. The number of pyridine rings is 1. The van der Waals surface area contributed by atoms with Crippen molar-refractivity contribution in [1.29, 1.82) is 0 Å². The zero-order valence-corrected chi connectivity index (χ0v) is 10.4. The van der Waals surface area contributed by atoms with Crippen molar-refractivity contribution in [3.05, 3.63) is 23.9 Å². The normalized spacial score (nSPS) is 10.1. The van der Waals surface area contributed by atoms with E-state index < -0.39 is 6.09 Å². The van der Waals surface area contributed by atoms with E-state index in [9.17, 15) is 4.79 Å². The van der Waals surface area contributed by atoms with Gasteiger partial charge in [-0.2, -0.15) is 0 Å². The number of aromatic nitrogens is 1. The minimum Gasteiger partial charge on any atom is -0.475 e. The van der Waals surface area contributed by atoms with Crippen molar-refractivity contribution >= 4 is 6.09 Å². The van der Waals surface area contributed by atoms with E-state index in [4.69, 9.17) is 9.47 Å². The summed E-state index contributed by atoms with van der Waals surface area (Å²) in [5.41, 5.74) is 0.828. The Morgan fingerprint density at radius 3 is 2.94 bits per heavy atom. The van der Waals surface area contributed by atoms with Crippen LogP contribution >= 0.6 is 0 Å². The molecule has 0 aliphatic carbocycles. The van der Waals surface area contributed by atoms with Gasteiger partial charge in [-0.15, -0.1) is 0 Å². The fraction of sp³-hybridized carbons (Fsp3) is 0.500. The van der Waals surface area contributed by atoms with Crippen LogP contribution in [0.15, 0.2) is 18.3 Å². The number of carbonyl (C=O) groups excluding carboxylic acids is 1. The molecule has 0 atom stereocenters. The zero-order chi connectivity index (χ0) is 12.7. The second kappa shape index (κ2) is 6.73. The summed E-state index contributed by atoms with van der Waals surface area (Å²) in [6, 6.07) is 3.66. The fourth-order valence-corrected chi connectivity index (χ4v) is 1.24. The summed E-state index contributed by atoms with van der Waals surface area (Å²) in [4.78, 5) is 15.3. The second-order valence-electron chi connectivity index (χ2n) is 3.71. The molecule has 0 aliphatic heterocycles. The lowest BCUT2D eigenvalue weighted by Gasteiger charge is -2.13. The highest BCUT2D eigenvalue weighted by Gasteiger charge is 2.08. The highest BCUT2D eigenvalue weighted by Crippen LogP contribution is 2.15. The van der Waals surface area contributed by atoms with Crippen LogP contribution in [0.2, 0.25) is 0 Å². The molecule has 1 rings (SSSR count). The first kappa shape index (κ1) is 13.3. The molecule has 0 unspecified atom stereocenters. The van der Waals surface area contributed by atoms with E-state index in [0.717, 1.165) is 5.56 Å². The molecule has 0 saturated heterocycles.